The Balaban J connectivity index is 2.75. The molecule has 0 N–H and O–H groups in total. The van der Waals surface area contributed by atoms with Crippen molar-refractivity contribution in [3.63, 3.8) is 0 Å². The van der Waals surface area contributed by atoms with Gasteiger partial charge in [-0.3, -0.25) is 0 Å². The third-order valence-corrected chi connectivity index (χ3v) is 1.78. The highest BCUT2D eigenvalue weighted by Crippen LogP contribution is 2.11. The first-order valence-corrected chi connectivity index (χ1v) is 4.69. The third-order valence-electron chi connectivity index (χ3n) is 1.78. The van der Waals surface area contributed by atoms with Crippen molar-refractivity contribution in [2.45, 2.75) is 20.3 Å². The molecule has 0 aliphatic heterocycles. The molecule has 0 saturated heterocycles. The van der Waals surface area contributed by atoms with Gasteiger partial charge in [0.15, 0.2) is 0 Å². The molecule has 0 spiro atoms. The van der Waals surface area contributed by atoms with Crippen molar-refractivity contribution in [1.82, 2.24) is 0 Å². The minimum atomic E-state index is -0.272. The van der Waals surface area contributed by atoms with Crippen LogP contribution in [0.4, 0.5) is 0 Å². The number of rotatable bonds is 4. The second-order valence-corrected chi connectivity index (χ2v) is 2.76. The van der Waals surface area contributed by atoms with Crippen LogP contribution < -0.4 is 0 Å². The minimum absolute atomic E-state index is 0.272. The van der Waals surface area contributed by atoms with Crippen molar-refractivity contribution >= 4 is 12.0 Å². The van der Waals surface area contributed by atoms with Gasteiger partial charge in [-0.2, -0.15) is 0 Å². The fraction of sp³-hybridized carbons (Fsp3) is 0.364. The third kappa shape index (κ3) is 2.76. The van der Waals surface area contributed by atoms with Gasteiger partial charge >= 0.3 is 5.97 Å². The van der Waals surface area contributed by atoms with E-state index in [9.17, 15) is 4.79 Å². The molecule has 1 aromatic heterocycles. The Labute approximate surface area is 83.4 Å². The summed E-state index contributed by atoms with van der Waals surface area (Å²) < 4.78 is 10.0. The van der Waals surface area contributed by atoms with Gasteiger partial charge < -0.3 is 9.15 Å². The zero-order valence-corrected chi connectivity index (χ0v) is 8.45. The van der Waals surface area contributed by atoms with E-state index in [1.165, 1.54) is 0 Å². The minimum Gasteiger partial charge on any atom is -0.465 e. The summed E-state index contributed by atoms with van der Waals surface area (Å²) in [5.74, 6) is 0.404. The molecule has 1 aromatic rings. The molecule has 3 heteroatoms. The average molecular weight is 194 g/mol. The summed E-state index contributed by atoms with van der Waals surface area (Å²) in [6.45, 7) is 4.10. The van der Waals surface area contributed by atoms with E-state index in [0.29, 0.717) is 24.4 Å². The van der Waals surface area contributed by atoms with E-state index in [0.717, 1.165) is 0 Å². The summed E-state index contributed by atoms with van der Waals surface area (Å²) in [6, 6.07) is 3.58. The molecular formula is C11H14O3. The molecule has 76 valence electrons. The molecule has 14 heavy (non-hydrogen) atoms. The smallest absolute Gasteiger partial charge is 0.334 e. The molecule has 3 nitrogen and oxygen atoms in total. The molecular weight excluding hydrogens is 180 g/mol. The van der Waals surface area contributed by atoms with Crippen LogP contribution in [0.5, 0.6) is 0 Å². The fourth-order valence-electron chi connectivity index (χ4n) is 1.07. The molecule has 0 unspecified atom stereocenters. The highest BCUT2D eigenvalue weighted by Gasteiger charge is 2.08. The van der Waals surface area contributed by atoms with Gasteiger partial charge in [0.2, 0.25) is 0 Å². The SMILES string of the molecule is CCOC(=O)C(=Cc1ccco1)CC. The summed E-state index contributed by atoms with van der Waals surface area (Å²) in [5.41, 5.74) is 0.627. The van der Waals surface area contributed by atoms with Crippen molar-refractivity contribution < 1.29 is 13.9 Å². The summed E-state index contributed by atoms with van der Waals surface area (Å²) in [6.07, 6.45) is 3.92. The molecule has 1 heterocycles. The maximum absolute atomic E-state index is 11.4. The fourth-order valence-corrected chi connectivity index (χ4v) is 1.07. The lowest BCUT2D eigenvalue weighted by molar-refractivity contribution is -0.138. The number of carbonyl (C=O) groups excluding carboxylic acids is 1. The molecule has 1 rings (SSSR count). The molecule has 0 amide bonds. The second kappa shape index (κ2) is 5.27. The second-order valence-electron chi connectivity index (χ2n) is 2.76. The Hall–Kier alpha value is -1.51. The predicted octanol–water partition coefficient (Wildman–Crippen LogP) is 2.64. The van der Waals surface area contributed by atoms with E-state index >= 15 is 0 Å². The summed E-state index contributed by atoms with van der Waals surface area (Å²) in [4.78, 5) is 11.4. The highest BCUT2D eigenvalue weighted by molar-refractivity contribution is 5.93. The summed E-state index contributed by atoms with van der Waals surface area (Å²) in [5, 5.41) is 0. The summed E-state index contributed by atoms with van der Waals surface area (Å²) >= 11 is 0. The molecule has 0 fully saturated rings. The van der Waals surface area contributed by atoms with Gasteiger partial charge in [0.05, 0.1) is 12.9 Å². The van der Waals surface area contributed by atoms with Gasteiger partial charge in [-0.25, -0.2) is 4.79 Å². The Kier molecular flexibility index (Phi) is 3.98. The van der Waals surface area contributed by atoms with E-state index in [4.69, 9.17) is 9.15 Å². The number of furan rings is 1. The monoisotopic (exact) mass is 194 g/mol. The van der Waals surface area contributed by atoms with E-state index in [1.807, 2.05) is 6.92 Å². The van der Waals surface area contributed by atoms with E-state index in [1.54, 1.807) is 31.4 Å². The van der Waals surface area contributed by atoms with Crippen molar-refractivity contribution in [1.29, 1.82) is 0 Å². The van der Waals surface area contributed by atoms with Crippen LogP contribution in [-0.4, -0.2) is 12.6 Å². The predicted molar refractivity (Wildman–Crippen MR) is 53.6 cm³/mol. The van der Waals surface area contributed by atoms with Crippen molar-refractivity contribution in [2.75, 3.05) is 6.61 Å². The van der Waals surface area contributed by atoms with E-state index in [2.05, 4.69) is 0 Å². The normalized spacial score (nSPS) is 11.4. The molecule has 0 aliphatic rings. The first-order valence-electron chi connectivity index (χ1n) is 4.69. The Morgan fingerprint density at radius 2 is 2.36 bits per heavy atom. The first-order chi connectivity index (χ1) is 6.77. The quantitative estimate of drug-likeness (QED) is 0.546. The molecule has 0 aliphatic carbocycles. The zero-order chi connectivity index (χ0) is 10.4. The maximum Gasteiger partial charge on any atom is 0.334 e. The first kappa shape index (κ1) is 10.6. The van der Waals surface area contributed by atoms with Crippen LogP contribution >= 0.6 is 0 Å². The topological polar surface area (TPSA) is 39.4 Å². The van der Waals surface area contributed by atoms with Crippen LogP contribution in [0, 0.1) is 0 Å². The van der Waals surface area contributed by atoms with E-state index < -0.39 is 0 Å². The van der Waals surface area contributed by atoms with Gasteiger partial charge in [-0.05, 0) is 31.6 Å². The lowest BCUT2D eigenvalue weighted by Gasteiger charge is -2.02. The molecule has 0 radical (unpaired) electrons. The standard InChI is InChI=1S/C11H14O3/c1-3-9(11(12)13-4-2)8-10-6-5-7-14-10/h5-8H,3-4H2,1-2H3. The highest BCUT2D eigenvalue weighted by atomic mass is 16.5. The largest absolute Gasteiger partial charge is 0.465 e. The lowest BCUT2D eigenvalue weighted by Crippen LogP contribution is -2.06. The van der Waals surface area contributed by atoms with Crippen LogP contribution in [0.2, 0.25) is 0 Å². The Morgan fingerprint density at radius 1 is 1.57 bits per heavy atom. The van der Waals surface area contributed by atoms with Crippen LogP contribution in [-0.2, 0) is 9.53 Å². The van der Waals surface area contributed by atoms with Crippen molar-refractivity contribution in [3.05, 3.63) is 29.7 Å². The van der Waals surface area contributed by atoms with Crippen LogP contribution in [0.1, 0.15) is 26.0 Å². The van der Waals surface area contributed by atoms with Gasteiger partial charge in [-0.15, -0.1) is 0 Å². The van der Waals surface area contributed by atoms with Crippen LogP contribution in [0.15, 0.2) is 28.4 Å². The van der Waals surface area contributed by atoms with Gasteiger partial charge in [-0.1, -0.05) is 6.92 Å². The molecule has 0 aromatic carbocycles. The summed E-state index contributed by atoms with van der Waals surface area (Å²) in [7, 11) is 0. The van der Waals surface area contributed by atoms with Gasteiger partial charge in [0.25, 0.3) is 0 Å². The number of hydrogen-bond acceptors (Lipinski definition) is 3. The van der Waals surface area contributed by atoms with E-state index in [-0.39, 0.29) is 5.97 Å². The van der Waals surface area contributed by atoms with Crippen LogP contribution in [0.3, 0.4) is 0 Å². The lowest BCUT2D eigenvalue weighted by atomic mass is 10.2. The van der Waals surface area contributed by atoms with Crippen molar-refractivity contribution in [2.24, 2.45) is 0 Å². The average Bonchev–Trinajstić information content (AvgIpc) is 2.66. The van der Waals surface area contributed by atoms with Crippen LogP contribution in [0.25, 0.3) is 6.08 Å². The van der Waals surface area contributed by atoms with Gasteiger partial charge in [0, 0.05) is 5.57 Å². The molecule has 0 atom stereocenters. The van der Waals surface area contributed by atoms with Gasteiger partial charge in [0.1, 0.15) is 5.76 Å². The molecule has 0 saturated carbocycles. The Morgan fingerprint density at radius 3 is 2.86 bits per heavy atom. The number of ether oxygens (including phenoxy) is 1. The zero-order valence-electron chi connectivity index (χ0n) is 8.45. The van der Waals surface area contributed by atoms with Crippen molar-refractivity contribution in [3.8, 4) is 0 Å². The number of hydrogen-bond donors (Lipinski definition) is 0. The number of carbonyl (C=O) groups is 1. The Bertz CT molecular complexity index is 309. The maximum atomic E-state index is 11.4. The molecule has 0 bridgehead atoms. The number of esters is 1.